The smallest absolute Gasteiger partial charge is 0.309 e. The number of fused-ring (bicyclic) bond motifs is 2. The first kappa shape index (κ1) is 15.5. The van der Waals surface area contributed by atoms with E-state index in [-0.39, 0.29) is 23.6 Å². The van der Waals surface area contributed by atoms with Gasteiger partial charge in [-0.15, -0.1) is 0 Å². The Morgan fingerprint density at radius 3 is 2.95 bits per heavy atom. The minimum atomic E-state index is -0.849. The normalized spacial score (nSPS) is 30.3. The van der Waals surface area contributed by atoms with Crippen molar-refractivity contribution in [2.45, 2.75) is 64.4 Å². The van der Waals surface area contributed by atoms with Crippen LogP contribution in [-0.4, -0.2) is 30.4 Å². The van der Waals surface area contributed by atoms with Crippen LogP contribution in [0, 0.1) is 11.8 Å². The molecule has 0 aromatic carbocycles. The number of ketones is 1. The first-order chi connectivity index (χ1) is 9.63. The molecule has 0 radical (unpaired) electrons. The third-order valence-electron chi connectivity index (χ3n) is 4.80. The highest BCUT2D eigenvalue weighted by Crippen LogP contribution is 2.37. The maximum Gasteiger partial charge on any atom is 0.309 e. The van der Waals surface area contributed by atoms with Crippen molar-refractivity contribution >= 4 is 11.8 Å². The van der Waals surface area contributed by atoms with Crippen LogP contribution >= 0.6 is 0 Å². The lowest BCUT2D eigenvalue weighted by atomic mass is 9.93. The van der Waals surface area contributed by atoms with Gasteiger partial charge in [0.1, 0.15) is 0 Å². The van der Waals surface area contributed by atoms with Crippen molar-refractivity contribution in [3.8, 4) is 0 Å². The van der Waals surface area contributed by atoms with E-state index in [4.69, 9.17) is 4.74 Å². The molecule has 1 saturated heterocycles. The number of hydrogen-bond acceptors (Lipinski definition) is 4. The lowest BCUT2D eigenvalue weighted by Gasteiger charge is -2.33. The molecular weight excluding hydrogens is 254 g/mol. The monoisotopic (exact) mass is 281 g/mol. The van der Waals surface area contributed by atoms with Crippen molar-refractivity contribution in [1.29, 1.82) is 0 Å². The summed E-state index contributed by atoms with van der Waals surface area (Å²) in [6.45, 7) is 5.42. The van der Waals surface area contributed by atoms with Gasteiger partial charge in [-0.25, -0.2) is 0 Å². The highest BCUT2D eigenvalue weighted by molar-refractivity contribution is 5.94. The van der Waals surface area contributed by atoms with Crippen LogP contribution in [0.3, 0.4) is 0 Å². The highest BCUT2D eigenvalue weighted by Gasteiger charge is 2.53. The van der Waals surface area contributed by atoms with E-state index in [0.29, 0.717) is 13.0 Å². The van der Waals surface area contributed by atoms with E-state index in [1.54, 1.807) is 0 Å². The number of Topliss-reactive ketones (excluding diaryl/α,β-unsaturated/α-hetero) is 1. The Morgan fingerprint density at radius 1 is 1.45 bits per heavy atom. The zero-order valence-corrected chi connectivity index (χ0v) is 12.7. The van der Waals surface area contributed by atoms with Gasteiger partial charge in [-0.1, -0.05) is 33.1 Å². The predicted molar refractivity (Wildman–Crippen MR) is 77.3 cm³/mol. The second-order valence-corrected chi connectivity index (χ2v) is 6.25. The Labute approximate surface area is 121 Å². The number of carbonyl (C=O) groups is 2. The first-order valence-electron chi connectivity index (χ1n) is 8.11. The van der Waals surface area contributed by atoms with Gasteiger partial charge in [-0.3, -0.25) is 9.59 Å². The quantitative estimate of drug-likeness (QED) is 0.575. The summed E-state index contributed by atoms with van der Waals surface area (Å²) in [6.07, 6.45) is 6.59. The van der Waals surface area contributed by atoms with Crippen LogP contribution in [0.5, 0.6) is 0 Å². The molecule has 4 nitrogen and oxygen atoms in total. The lowest BCUT2D eigenvalue weighted by Crippen LogP contribution is -2.55. The molecule has 1 N–H and O–H groups in total. The molecular formula is C16H27NO3. The van der Waals surface area contributed by atoms with Gasteiger partial charge in [0.05, 0.1) is 5.92 Å². The van der Waals surface area contributed by atoms with E-state index in [0.717, 1.165) is 45.1 Å². The van der Waals surface area contributed by atoms with Crippen molar-refractivity contribution in [2.75, 3.05) is 13.1 Å². The van der Waals surface area contributed by atoms with Crippen LogP contribution in [0.2, 0.25) is 0 Å². The van der Waals surface area contributed by atoms with Crippen molar-refractivity contribution in [1.82, 2.24) is 5.32 Å². The highest BCUT2D eigenvalue weighted by atomic mass is 16.6. The molecule has 1 aliphatic carbocycles. The van der Waals surface area contributed by atoms with Crippen LogP contribution in [0.1, 0.15) is 58.8 Å². The van der Waals surface area contributed by atoms with Crippen LogP contribution in [0.4, 0.5) is 0 Å². The predicted octanol–water partition coefficient (Wildman–Crippen LogP) is 2.46. The first-order valence-corrected chi connectivity index (χ1v) is 8.11. The number of rotatable bonds is 7. The number of piperidine rings is 1. The van der Waals surface area contributed by atoms with Gasteiger partial charge in [-0.2, -0.15) is 0 Å². The lowest BCUT2D eigenvalue weighted by molar-refractivity contribution is -0.171. The largest absolute Gasteiger partial charge is 0.449 e. The van der Waals surface area contributed by atoms with Gasteiger partial charge < -0.3 is 10.1 Å². The van der Waals surface area contributed by atoms with Gasteiger partial charge in [0.2, 0.25) is 0 Å². The standard InChI is InChI=1S/C16H27NO3/c1-3-5-6-7-12(4-2)15(19)20-16-9-8-13(14(16)18)10-17-11-16/h12-13,17H,3-11H2,1-2H3. The second-order valence-electron chi connectivity index (χ2n) is 6.25. The molecule has 3 unspecified atom stereocenters. The molecule has 2 fully saturated rings. The average molecular weight is 281 g/mol. The maximum absolute atomic E-state index is 12.4. The average Bonchev–Trinajstić information content (AvgIpc) is 2.64. The summed E-state index contributed by atoms with van der Waals surface area (Å²) in [6, 6.07) is 0. The number of ether oxygens (including phenoxy) is 1. The molecule has 0 amide bonds. The molecule has 2 aliphatic rings. The van der Waals surface area contributed by atoms with Gasteiger partial charge >= 0.3 is 5.97 Å². The number of unbranched alkanes of at least 4 members (excludes halogenated alkanes) is 2. The van der Waals surface area contributed by atoms with Crippen molar-refractivity contribution in [2.24, 2.45) is 11.8 Å². The Balaban J connectivity index is 1.94. The fraction of sp³-hybridized carbons (Fsp3) is 0.875. The summed E-state index contributed by atoms with van der Waals surface area (Å²) in [5.74, 6) is -0.0178. The summed E-state index contributed by atoms with van der Waals surface area (Å²) in [7, 11) is 0. The van der Waals surface area contributed by atoms with Crippen LogP contribution in [0.15, 0.2) is 0 Å². The second kappa shape index (κ2) is 6.70. The molecule has 0 aromatic rings. The van der Waals surface area contributed by atoms with E-state index in [1.165, 1.54) is 0 Å². The number of nitrogens with one attached hydrogen (secondary N) is 1. The van der Waals surface area contributed by atoms with E-state index in [2.05, 4.69) is 12.2 Å². The van der Waals surface area contributed by atoms with Crippen LogP contribution in [0.25, 0.3) is 0 Å². The molecule has 2 bridgehead atoms. The van der Waals surface area contributed by atoms with Gasteiger partial charge in [0, 0.05) is 19.0 Å². The Morgan fingerprint density at radius 2 is 2.25 bits per heavy atom. The molecule has 0 aromatic heterocycles. The third kappa shape index (κ3) is 3.05. The summed E-state index contributed by atoms with van der Waals surface area (Å²) >= 11 is 0. The Hall–Kier alpha value is -0.900. The molecule has 114 valence electrons. The van der Waals surface area contributed by atoms with Crippen molar-refractivity contribution < 1.29 is 14.3 Å². The molecule has 1 aliphatic heterocycles. The number of carbonyl (C=O) groups excluding carboxylic acids is 2. The summed E-state index contributed by atoms with van der Waals surface area (Å²) in [4.78, 5) is 24.7. The van der Waals surface area contributed by atoms with E-state index >= 15 is 0 Å². The molecule has 2 rings (SSSR count). The topological polar surface area (TPSA) is 55.4 Å². The fourth-order valence-electron chi connectivity index (χ4n) is 3.39. The van der Waals surface area contributed by atoms with E-state index < -0.39 is 5.60 Å². The zero-order valence-electron chi connectivity index (χ0n) is 12.7. The van der Waals surface area contributed by atoms with Crippen molar-refractivity contribution in [3.63, 3.8) is 0 Å². The maximum atomic E-state index is 12.4. The summed E-state index contributed by atoms with van der Waals surface area (Å²) < 4.78 is 5.71. The van der Waals surface area contributed by atoms with Gasteiger partial charge in [0.25, 0.3) is 0 Å². The van der Waals surface area contributed by atoms with Gasteiger partial charge in [-0.05, 0) is 25.7 Å². The molecule has 4 heteroatoms. The SMILES string of the molecule is CCCCCC(CC)C(=O)OC12CCC(CNC1)C2=O. The van der Waals surface area contributed by atoms with E-state index in [1.807, 2.05) is 6.92 Å². The molecule has 1 saturated carbocycles. The summed E-state index contributed by atoms with van der Waals surface area (Å²) in [5.41, 5.74) is -0.849. The summed E-state index contributed by atoms with van der Waals surface area (Å²) in [5, 5.41) is 3.23. The number of esters is 1. The minimum Gasteiger partial charge on any atom is -0.449 e. The molecule has 1 heterocycles. The number of hydrogen-bond donors (Lipinski definition) is 1. The molecule has 20 heavy (non-hydrogen) atoms. The third-order valence-corrected chi connectivity index (χ3v) is 4.80. The van der Waals surface area contributed by atoms with Crippen LogP contribution < -0.4 is 5.32 Å². The fourth-order valence-corrected chi connectivity index (χ4v) is 3.39. The minimum absolute atomic E-state index is 0.0512. The van der Waals surface area contributed by atoms with E-state index in [9.17, 15) is 9.59 Å². The van der Waals surface area contributed by atoms with Gasteiger partial charge in [0.15, 0.2) is 11.4 Å². The molecule has 3 atom stereocenters. The molecule has 0 spiro atoms. The Kier molecular flexibility index (Phi) is 5.19. The van der Waals surface area contributed by atoms with Crippen molar-refractivity contribution in [3.05, 3.63) is 0 Å². The zero-order chi connectivity index (χ0) is 14.6. The van der Waals surface area contributed by atoms with Crippen LogP contribution in [-0.2, 0) is 14.3 Å². The Bertz CT molecular complexity index is 365.